The van der Waals surface area contributed by atoms with Crippen molar-refractivity contribution in [2.24, 2.45) is 5.92 Å². The van der Waals surface area contributed by atoms with Gasteiger partial charge < -0.3 is 19.7 Å². The summed E-state index contributed by atoms with van der Waals surface area (Å²) in [7, 11) is -3.49. The van der Waals surface area contributed by atoms with Crippen molar-refractivity contribution in [3.05, 3.63) is 0 Å². The summed E-state index contributed by atoms with van der Waals surface area (Å²) < 4.78 is 21.3. The molecule has 8 nitrogen and oxygen atoms in total. The van der Waals surface area contributed by atoms with Gasteiger partial charge in [0.1, 0.15) is 0 Å². The number of rotatable bonds is 10. The summed E-state index contributed by atoms with van der Waals surface area (Å²) in [5.74, 6) is -1.43. The van der Waals surface area contributed by atoms with Crippen molar-refractivity contribution in [2.75, 3.05) is 18.9 Å². The first-order valence-corrected chi connectivity index (χ1v) is 9.58. The van der Waals surface area contributed by atoms with Gasteiger partial charge in [0.2, 0.25) is 13.7 Å². The maximum Gasteiger partial charge on any atom is 0.410 e. The van der Waals surface area contributed by atoms with Gasteiger partial charge in [-0.2, -0.15) is 0 Å². The van der Waals surface area contributed by atoms with Crippen LogP contribution in [0, 0.1) is 5.92 Å². The Balaban J connectivity index is 4.11. The fourth-order valence-corrected chi connectivity index (χ4v) is 3.13. The van der Waals surface area contributed by atoms with Crippen LogP contribution in [-0.2, 0) is 23.6 Å². The van der Waals surface area contributed by atoms with Crippen molar-refractivity contribution < 1.29 is 33.3 Å². The van der Waals surface area contributed by atoms with Crippen LogP contribution in [0.5, 0.6) is 0 Å². The number of carbonyl (C=O) groups excluding carboxylic acids is 3. The lowest BCUT2D eigenvalue weighted by atomic mass is 10.2. The number of ketones is 1. The van der Waals surface area contributed by atoms with E-state index in [1.807, 2.05) is 6.92 Å². The van der Waals surface area contributed by atoms with Gasteiger partial charge in [-0.1, -0.05) is 27.2 Å². The largest absolute Gasteiger partial charge is 0.425 e. The molecule has 0 bridgehead atoms. The van der Waals surface area contributed by atoms with Gasteiger partial charge in [-0.25, -0.2) is 4.79 Å². The SMILES string of the molecule is CCCCP(=O)(O)CC(=O)CNC(=O)OC(C)OC(=O)C(C)C. The summed E-state index contributed by atoms with van der Waals surface area (Å²) in [6, 6.07) is 0. The Morgan fingerprint density at radius 1 is 1.17 bits per heavy atom. The molecule has 0 aromatic heterocycles. The number of hydrogen-bond donors (Lipinski definition) is 2. The number of nitrogens with one attached hydrogen (secondary N) is 1. The number of Topliss-reactive ketones (excluding diaryl/α,β-unsaturated/α-hetero) is 1. The monoisotopic (exact) mass is 351 g/mol. The van der Waals surface area contributed by atoms with Gasteiger partial charge in [-0.05, 0) is 6.42 Å². The highest BCUT2D eigenvalue weighted by molar-refractivity contribution is 7.58. The third-order valence-corrected chi connectivity index (χ3v) is 4.60. The second-order valence-electron chi connectivity index (χ2n) is 5.54. The molecule has 134 valence electrons. The fourth-order valence-electron chi connectivity index (χ4n) is 1.50. The summed E-state index contributed by atoms with van der Waals surface area (Å²) in [5.41, 5.74) is 0. The molecule has 0 rings (SSSR count). The Morgan fingerprint density at radius 3 is 2.30 bits per heavy atom. The average Bonchev–Trinajstić information content (AvgIpc) is 2.42. The molecule has 0 aliphatic heterocycles. The van der Waals surface area contributed by atoms with Crippen LogP contribution >= 0.6 is 7.37 Å². The zero-order valence-electron chi connectivity index (χ0n) is 14.0. The summed E-state index contributed by atoms with van der Waals surface area (Å²) in [4.78, 5) is 43.9. The van der Waals surface area contributed by atoms with Gasteiger partial charge >= 0.3 is 12.1 Å². The molecule has 0 aliphatic rings. The van der Waals surface area contributed by atoms with Gasteiger partial charge in [0.05, 0.1) is 18.6 Å². The minimum atomic E-state index is -3.49. The maximum absolute atomic E-state index is 11.7. The van der Waals surface area contributed by atoms with E-state index in [2.05, 4.69) is 5.32 Å². The van der Waals surface area contributed by atoms with E-state index in [1.54, 1.807) is 13.8 Å². The van der Waals surface area contributed by atoms with Crippen molar-refractivity contribution >= 4 is 25.2 Å². The zero-order valence-corrected chi connectivity index (χ0v) is 14.9. The summed E-state index contributed by atoms with van der Waals surface area (Å²) in [6.45, 7) is 6.11. The highest BCUT2D eigenvalue weighted by Gasteiger charge is 2.22. The molecular formula is C14H26NO7P. The summed E-state index contributed by atoms with van der Waals surface area (Å²) >= 11 is 0. The molecule has 0 fully saturated rings. The number of carbonyl (C=O) groups is 3. The second-order valence-corrected chi connectivity index (χ2v) is 7.99. The van der Waals surface area contributed by atoms with Gasteiger partial charge in [0.15, 0.2) is 5.78 Å². The number of hydrogen-bond acceptors (Lipinski definition) is 6. The highest BCUT2D eigenvalue weighted by atomic mass is 31.2. The summed E-state index contributed by atoms with van der Waals surface area (Å²) in [6.07, 6.45) is -1.10. The quantitative estimate of drug-likeness (QED) is 0.350. The Labute approximate surface area is 136 Å². The molecule has 0 saturated carbocycles. The molecule has 2 N–H and O–H groups in total. The highest BCUT2D eigenvalue weighted by Crippen LogP contribution is 2.40. The Hall–Kier alpha value is -1.40. The van der Waals surface area contributed by atoms with Gasteiger partial charge in [-0.3, -0.25) is 14.2 Å². The normalized spacial score (nSPS) is 14.7. The zero-order chi connectivity index (χ0) is 18.0. The van der Waals surface area contributed by atoms with Crippen molar-refractivity contribution in [1.82, 2.24) is 5.32 Å². The Kier molecular flexibility index (Phi) is 9.76. The van der Waals surface area contributed by atoms with Crippen LogP contribution in [0.4, 0.5) is 4.79 Å². The van der Waals surface area contributed by atoms with E-state index in [0.717, 1.165) is 6.42 Å². The topological polar surface area (TPSA) is 119 Å². The van der Waals surface area contributed by atoms with Crippen LogP contribution in [0.2, 0.25) is 0 Å². The second kappa shape index (κ2) is 10.4. The predicted molar refractivity (Wildman–Crippen MR) is 84.4 cm³/mol. The van der Waals surface area contributed by atoms with Crippen LogP contribution in [-0.4, -0.2) is 47.9 Å². The van der Waals surface area contributed by atoms with Crippen LogP contribution < -0.4 is 5.32 Å². The van der Waals surface area contributed by atoms with E-state index in [-0.39, 0.29) is 12.1 Å². The number of alkyl carbamates (subject to hydrolysis) is 1. The molecule has 0 heterocycles. The lowest BCUT2D eigenvalue weighted by Gasteiger charge is -2.16. The first kappa shape index (κ1) is 21.6. The smallest absolute Gasteiger partial charge is 0.410 e. The lowest BCUT2D eigenvalue weighted by Crippen LogP contribution is -2.35. The molecule has 0 aromatic rings. The number of esters is 1. The molecule has 0 spiro atoms. The minimum absolute atomic E-state index is 0.0852. The van der Waals surface area contributed by atoms with Crippen molar-refractivity contribution in [3.63, 3.8) is 0 Å². The molecule has 1 amide bonds. The van der Waals surface area contributed by atoms with Gasteiger partial charge in [0.25, 0.3) is 0 Å². The van der Waals surface area contributed by atoms with E-state index in [1.165, 1.54) is 6.92 Å². The van der Waals surface area contributed by atoms with Crippen LogP contribution in [0.15, 0.2) is 0 Å². The van der Waals surface area contributed by atoms with E-state index in [4.69, 9.17) is 9.47 Å². The molecule has 23 heavy (non-hydrogen) atoms. The van der Waals surface area contributed by atoms with Crippen LogP contribution in [0.1, 0.15) is 40.5 Å². The number of amides is 1. The van der Waals surface area contributed by atoms with E-state index in [9.17, 15) is 23.8 Å². The fraction of sp³-hybridized carbons (Fsp3) is 0.786. The molecule has 0 aromatic carbocycles. The predicted octanol–water partition coefficient (Wildman–Crippen LogP) is 1.90. The van der Waals surface area contributed by atoms with E-state index in [0.29, 0.717) is 6.42 Å². The molecule has 0 saturated heterocycles. The Morgan fingerprint density at radius 2 is 1.78 bits per heavy atom. The van der Waals surface area contributed by atoms with Crippen molar-refractivity contribution in [1.29, 1.82) is 0 Å². The first-order valence-electron chi connectivity index (χ1n) is 7.55. The lowest BCUT2D eigenvalue weighted by molar-refractivity contribution is -0.168. The van der Waals surface area contributed by atoms with Crippen LogP contribution in [0.25, 0.3) is 0 Å². The molecule has 0 radical (unpaired) electrons. The van der Waals surface area contributed by atoms with E-state index < -0.39 is 44.2 Å². The molecule has 2 unspecified atom stereocenters. The third-order valence-electron chi connectivity index (χ3n) is 2.74. The average molecular weight is 351 g/mol. The molecule has 0 aliphatic carbocycles. The van der Waals surface area contributed by atoms with Gasteiger partial charge in [0, 0.05) is 13.1 Å². The summed E-state index contributed by atoms with van der Waals surface area (Å²) in [5, 5.41) is 2.16. The third kappa shape index (κ3) is 10.9. The first-order chi connectivity index (χ1) is 10.6. The maximum atomic E-state index is 11.7. The molecular weight excluding hydrogens is 325 g/mol. The molecule has 2 atom stereocenters. The van der Waals surface area contributed by atoms with Gasteiger partial charge in [-0.15, -0.1) is 0 Å². The van der Waals surface area contributed by atoms with Crippen molar-refractivity contribution in [2.45, 2.75) is 46.8 Å². The standard InChI is InChI=1S/C14H26NO7P/c1-5-6-7-23(19,20)9-12(16)8-15-14(18)22-11(4)21-13(17)10(2)3/h10-11H,5-9H2,1-4H3,(H,15,18)(H,19,20). The number of unbranched alkanes of at least 4 members (excludes halogenated alkanes) is 1. The minimum Gasteiger partial charge on any atom is -0.425 e. The molecule has 9 heteroatoms. The van der Waals surface area contributed by atoms with Crippen LogP contribution in [0.3, 0.4) is 0 Å². The van der Waals surface area contributed by atoms with Crippen molar-refractivity contribution in [3.8, 4) is 0 Å². The Bertz CT molecular complexity index is 464. The number of ether oxygens (including phenoxy) is 2. The van der Waals surface area contributed by atoms with E-state index >= 15 is 0 Å².